The molecule has 0 saturated carbocycles. The molecule has 12 N–H and O–H groups in total. The Morgan fingerprint density at radius 2 is 1.45 bits per heavy atom. The fourth-order valence-corrected chi connectivity index (χ4v) is 3.53. The number of aliphatic carboxylic acids is 2. The molecule has 0 rings (SSSR count). The van der Waals surface area contributed by atoms with Crippen molar-refractivity contribution in [3.8, 4) is 0 Å². The normalized spacial score (nSPS) is 13.9. The van der Waals surface area contributed by atoms with E-state index >= 15 is 0 Å². The molecule has 0 aromatic carbocycles. The minimum absolute atomic E-state index is 0.0276. The van der Waals surface area contributed by atoms with E-state index in [2.05, 4.69) is 26.6 Å². The highest BCUT2D eigenvalue weighted by Gasteiger charge is 2.29. The molecule has 228 valence electrons. The zero-order chi connectivity index (χ0) is 31.0. The third-order valence-corrected chi connectivity index (χ3v) is 5.63. The first kappa shape index (κ1) is 36.0. The Kier molecular flexibility index (Phi) is 16.5. The van der Waals surface area contributed by atoms with Crippen molar-refractivity contribution in [3.05, 3.63) is 0 Å². The summed E-state index contributed by atoms with van der Waals surface area (Å²) in [5.74, 6) is -5.98. The highest BCUT2D eigenvalue weighted by atomic mass is 16.4. The molecule has 16 heteroatoms. The molecule has 0 aromatic rings. The Hall–Kier alpha value is -3.95. The second-order valence-electron chi connectivity index (χ2n) is 10.1. The number of amides is 4. The SMILES string of the molecule is CC(C)CC(N)C(=O)NC(C(=O)NCC(=O)NC(CCC(=O)O)C(=O)NC(CCCNC(=N)N)C(=O)O)C(C)C. The lowest BCUT2D eigenvalue weighted by atomic mass is 10.0. The highest BCUT2D eigenvalue weighted by molar-refractivity contribution is 5.94. The summed E-state index contributed by atoms with van der Waals surface area (Å²) >= 11 is 0. The Labute approximate surface area is 233 Å². The van der Waals surface area contributed by atoms with E-state index in [-0.39, 0.29) is 43.6 Å². The second kappa shape index (κ2) is 18.4. The lowest BCUT2D eigenvalue weighted by Crippen LogP contribution is -2.56. The fraction of sp³-hybridized carbons (Fsp3) is 0.708. The molecule has 4 atom stereocenters. The van der Waals surface area contributed by atoms with Gasteiger partial charge in [0.25, 0.3) is 0 Å². The van der Waals surface area contributed by atoms with E-state index in [0.29, 0.717) is 6.42 Å². The molecule has 0 aliphatic heterocycles. The summed E-state index contributed by atoms with van der Waals surface area (Å²) in [5, 5.41) is 37.6. The van der Waals surface area contributed by atoms with E-state index in [9.17, 15) is 33.9 Å². The Morgan fingerprint density at radius 3 is 1.95 bits per heavy atom. The average molecular weight is 573 g/mol. The average Bonchev–Trinajstić information content (AvgIpc) is 2.83. The lowest BCUT2D eigenvalue weighted by molar-refractivity contribution is -0.143. The van der Waals surface area contributed by atoms with Crippen molar-refractivity contribution in [1.82, 2.24) is 26.6 Å². The van der Waals surface area contributed by atoms with Gasteiger partial charge in [-0.05, 0) is 37.5 Å². The van der Waals surface area contributed by atoms with Crippen LogP contribution in [0.1, 0.15) is 59.8 Å². The van der Waals surface area contributed by atoms with Gasteiger partial charge in [-0.1, -0.05) is 27.7 Å². The van der Waals surface area contributed by atoms with Crippen molar-refractivity contribution < 1.29 is 39.0 Å². The van der Waals surface area contributed by atoms with Gasteiger partial charge in [-0.15, -0.1) is 0 Å². The molecule has 0 fully saturated rings. The molecule has 0 bridgehead atoms. The van der Waals surface area contributed by atoms with E-state index in [4.69, 9.17) is 22.0 Å². The molecule has 0 aliphatic carbocycles. The van der Waals surface area contributed by atoms with Crippen LogP contribution in [0.3, 0.4) is 0 Å². The third kappa shape index (κ3) is 15.5. The Bertz CT molecular complexity index is 911. The number of carboxylic acid groups (broad SMARTS) is 2. The van der Waals surface area contributed by atoms with Crippen LogP contribution < -0.4 is 38.1 Å². The van der Waals surface area contributed by atoms with E-state index < -0.39 is 72.7 Å². The predicted molar refractivity (Wildman–Crippen MR) is 145 cm³/mol. The van der Waals surface area contributed by atoms with Gasteiger partial charge in [0.15, 0.2) is 5.96 Å². The van der Waals surface area contributed by atoms with E-state index in [1.54, 1.807) is 13.8 Å². The zero-order valence-corrected chi connectivity index (χ0v) is 23.4. The number of hydrogen-bond acceptors (Lipinski definition) is 8. The Morgan fingerprint density at radius 1 is 0.825 bits per heavy atom. The maximum atomic E-state index is 12.7. The number of guanidine groups is 1. The molecule has 16 nitrogen and oxygen atoms in total. The molecule has 40 heavy (non-hydrogen) atoms. The summed E-state index contributed by atoms with van der Waals surface area (Å²) in [7, 11) is 0. The van der Waals surface area contributed by atoms with Gasteiger partial charge in [0.1, 0.15) is 18.1 Å². The Balaban J connectivity index is 5.21. The van der Waals surface area contributed by atoms with Gasteiger partial charge in [-0.3, -0.25) is 29.4 Å². The molecule has 0 spiro atoms. The number of carboxylic acids is 2. The standard InChI is InChI=1S/C24H44N8O8/c1-12(2)10-14(25)20(36)32-19(13(3)4)22(38)29-11-17(33)30-15(7-8-18(34)35)21(37)31-16(23(39)40)6-5-9-28-24(26)27/h12-16,19H,5-11,25H2,1-4H3,(H,29,38)(H,30,33)(H,31,37)(H,32,36)(H,34,35)(H,39,40)(H4,26,27,28). The van der Waals surface area contributed by atoms with Crippen molar-refractivity contribution in [2.45, 2.75) is 84.0 Å². The molecule has 0 heterocycles. The predicted octanol–water partition coefficient (Wildman–Crippen LogP) is -2.20. The van der Waals surface area contributed by atoms with Crippen molar-refractivity contribution in [3.63, 3.8) is 0 Å². The van der Waals surface area contributed by atoms with E-state index in [1.165, 1.54) is 0 Å². The van der Waals surface area contributed by atoms with Crippen molar-refractivity contribution >= 4 is 41.5 Å². The molecule has 4 unspecified atom stereocenters. The largest absolute Gasteiger partial charge is 0.481 e. The number of carbonyl (C=O) groups excluding carboxylic acids is 4. The van der Waals surface area contributed by atoms with Crippen LogP contribution in [0.15, 0.2) is 0 Å². The first-order valence-corrected chi connectivity index (χ1v) is 13.0. The van der Waals surface area contributed by atoms with Crippen LogP contribution in [0.5, 0.6) is 0 Å². The van der Waals surface area contributed by atoms with E-state index in [1.807, 2.05) is 13.8 Å². The van der Waals surface area contributed by atoms with Crippen LogP contribution in [0, 0.1) is 17.2 Å². The van der Waals surface area contributed by atoms with Gasteiger partial charge < -0.3 is 48.3 Å². The summed E-state index contributed by atoms with van der Waals surface area (Å²) in [4.78, 5) is 73.0. The first-order valence-electron chi connectivity index (χ1n) is 13.0. The van der Waals surface area contributed by atoms with Gasteiger partial charge in [0, 0.05) is 13.0 Å². The summed E-state index contributed by atoms with van der Waals surface area (Å²) in [6.45, 7) is 6.79. The summed E-state index contributed by atoms with van der Waals surface area (Å²) in [6, 6.07) is -4.54. The fourth-order valence-electron chi connectivity index (χ4n) is 3.53. The number of rotatable bonds is 19. The minimum Gasteiger partial charge on any atom is -0.481 e. The third-order valence-electron chi connectivity index (χ3n) is 5.63. The van der Waals surface area contributed by atoms with Crippen LogP contribution in [-0.2, 0) is 28.8 Å². The van der Waals surface area contributed by atoms with Gasteiger partial charge in [-0.2, -0.15) is 0 Å². The molecule has 0 saturated heterocycles. The quantitative estimate of drug-likeness (QED) is 0.0450. The van der Waals surface area contributed by atoms with Gasteiger partial charge in [0.2, 0.25) is 23.6 Å². The maximum absolute atomic E-state index is 12.7. The van der Waals surface area contributed by atoms with Crippen LogP contribution in [0.25, 0.3) is 0 Å². The molecular weight excluding hydrogens is 528 g/mol. The monoisotopic (exact) mass is 572 g/mol. The van der Waals surface area contributed by atoms with Crippen LogP contribution in [0.2, 0.25) is 0 Å². The van der Waals surface area contributed by atoms with Crippen molar-refractivity contribution in [1.29, 1.82) is 5.41 Å². The number of nitrogens with two attached hydrogens (primary N) is 2. The van der Waals surface area contributed by atoms with Crippen LogP contribution in [-0.4, -0.2) is 89.0 Å². The number of hydrogen-bond donors (Lipinski definition) is 10. The van der Waals surface area contributed by atoms with E-state index in [0.717, 1.165) is 0 Å². The first-order chi connectivity index (χ1) is 18.5. The van der Waals surface area contributed by atoms with Crippen LogP contribution >= 0.6 is 0 Å². The van der Waals surface area contributed by atoms with Crippen molar-refractivity contribution in [2.75, 3.05) is 13.1 Å². The summed E-state index contributed by atoms with van der Waals surface area (Å²) in [6.07, 6.45) is -0.204. The smallest absolute Gasteiger partial charge is 0.326 e. The molecule has 4 amide bonds. The number of carbonyl (C=O) groups is 6. The van der Waals surface area contributed by atoms with Gasteiger partial charge >= 0.3 is 11.9 Å². The molecule has 0 aromatic heterocycles. The lowest BCUT2D eigenvalue weighted by Gasteiger charge is -2.24. The topological polar surface area (TPSA) is 279 Å². The molecule has 0 radical (unpaired) electrons. The zero-order valence-electron chi connectivity index (χ0n) is 23.4. The maximum Gasteiger partial charge on any atom is 0.326 e. The summed E-state index contributed by atoms with van der Waals surface area (Å²) in [5.41, 5.74) is 11.0. The molecular formula is C24H44N8O8. The van der Waals surface area contributed by atoms with Gasteiger partial charge in [-0.25, -0.2) is 4.79 Å². The van der Waals surface area contributed by atoms with Crippen LogP contribution in [0.4, 0.5) is 0 Å². The van der Waals surface area contributed by atoms with Crippen molar-refractivity contribution in [2.24, 2.45) is 23.3 Å². The summed E-state index contributed by atoms with van der Waals surface area (Å²) < 4.78 is 0. The number of nitrogens with one attached hydrogen (secondary N) is 6. The molecule has 0 aliphatic rings. The second-order valence-corrected chi connectivity index (χ2v) is 10.1. The highest BCUT2D eigenvalue weighted by Crippen LogP contribution is 2.07. The van der Waals surface area contributed by atoms with Gasteiger partial charge in [0.05, 0.1) is 12.6 Å². The minimum atomic E-state index is -1.40.